The van der Waals surface area contributed by atoms with Crippen LogP contribution < -0.4 is 5.32 Å². The van der Waals surface area contributed by atoms with E-state index >= 15 is 0 Å². The van der Waals surface area contributed by atoms with Gasteiger partial charge < -0.3 is 14.8 Å². The number of nitrogens with one attached hydrogen (secondary N) is 1. The third-order valence-corrected chi connectivity index (χ3v) is 8.18. The number of esters is 1. The first-order valence-corrected chi connectivity index (χ1v) is 13.0. The third kappa shape index (κ3) is 5.01. The molecule has 1 amide bonds. The molecule has 2 saturated carbocycles. The van der Waals surface area contributed by atoms with Crippen molar-refractivity contribution in [2.24, 2.45) is 29.6 Å². The standard InChI is InChI=1S/C29H33FN2O4/c1-3-35-29(34)32-23-10-11-24-20(14-23)15-26-27(17(2)36-28(26)33)25(24)12-9-22-8-7-19(16-31-22)18-5-4-6-21(30)13-18/h4-9,12-13,16-17,20,23-27H,3,10-11,14-15H2,1-2H3,(H,32,34)/b12-9+/t17-,20-,23-,24+,25+,26-,27+/m1/s1. The van der Waals surface area contributed by atoms with E-state index in [9.17, 15) is 14.0 Å². The Labute approximate surface area is 211 Å². The normalized spacial score (nSPS) is 31.4. The van der Waals surface area contributed by atoms with Crippen molar-refractivity contribution in [3.63, 3.8) is 0 Å². The van der Waals surface area contributed by atoms with Gasteiger partial charge in [-0.15, -0.1) is 0 Å². The zero-order valence-electron chi connectivity index (χ0n) is 20.7. The molecule has 5 rings (SSSR count). The van der Waals surface area contributed by atoms with Gasteiger partial charge in [0, 0.05) is 23.7 Å². The second-order valence-corrected chi connectivity index (χ2v) is 10.3. The molecule has 1 aromatic carbocycles. The molecule has 0 bridgehead atoms. The van der Waals surface area contributed by atoms with Crippen LogP contribution in [0.15, 0.2) is 48.7 Å². The molecule has 7 heteroatoms. The maximum atomic E-state index is 13.6. The van der Waals surface area contributed by atoms with Gasteiger partial charge in [0.25, 0.3) is 0 Å². The van der Waals surface area contributed by atoms with Crippen molar-refractivity contribution in [1.29, 1.82) is 0 Å². The third-order valence-electron chi connectivity index (χ3n) is 8.18. The number of fused-ring (bicyclic) bond motifs is 2. The molecule has 0 radical (unpaired) electrons. The molecular formula is C29H33FN2O4. The van der Waals surface area contributed by atoms with Gasteiger partial charge in [0.1, 0.15) is 11.9 Å². The zero-order valence-corrected chi connectivity index (χ0v) is 20.7. The van der Waals surface area contributed by atoms with Gasteiger partial charge in [0.05, 0.1) is 18.2 Å². The van der Waals surface area contributed by atoms with Crippen LogP contribution >= 0.6 is 0 Å². The Bertz CT molecular complexity index is 1130. The fraction of sp³-hybridized carbons (Fsp3) is 0.483. The number of carbonyl (C=O) groups excluding carboxylic acids is 2. The van der Waals surface area contributed by atoms with Gasteiger partial charge in [0.15, 0.2) is 0 Å². The number of allylic oxidation sites excluding steroid dienone is 1. The van der Waals surface area contributed by atoms with Gasteiger partial charge in [-0.1, -0.05) is 24.3 Å². The lowest BCUT2D eigenvalue weighted by Crippen LogP contribution is -2.48. The monoisotopic (exact) mass is 492 g/mol. The van der Waals surface area contributed by atoms with Gasteiger partial charge in [-0.05, 0) is 87.1 Å². The van der Waals surface area contributed by atoms with Gasteiger partial charge in [-0.2, -0.15) is 0 Å². The highest BCUT2D eigenvalue weighted by Crippen LogP contribution is 2.53. The maximum absolute atomic E-state index is 13.6. The van der Waals surface area contributed by atoms with Crippen LogP contribution in [-0.4, -0.2) is 35.8 Å². The number of hydrogen-bond donors (Lipinski definition) is 1. The first kappa shape index (κ1) is 24.5. The van der Waals surface area contributed by atoms with Crippen LogP contribution in [0.25, 0.3) is 17.2 Å². The van der Waals surface area contributed by atoms with E-state index in [0.717, 1.165) is 42.5 Å². The summed E-state index contributed by atoms with van der Waals surface area (Å²) in [6, 6.07) is 10.4. The number of rotatable bonds is 5. The largest absolute Gasteiger partial charge is 0.462 e. The smallest absolute Gasteiger partial charge is 0.407 e. The molecule has 2 heterocycles. The van der Waals surface area contributed by atoms with Crippen LogP contribution in [0.4, 0.5) is 9.18 Å². The summed E-state index contributed by atoms with van der Waals surface area (Å²) in [7, 11) is 0. The Kier molecular flexibility index (Phi) is 7.08. The van der Waals surface area contributed by atoms with Crippen LogP contribution in [0.1, 0.15) is 45.2 Å². The predicted molar refractivity (Wildman–Crippen MR) is 134 cm³/mol. The highest BCUT2D eigenvalue weighted by Gasteiger charge is 2.54. The Balaban J connectivity index is 1.34. The minimum atomic E-state index is -0.368. The number of carbonyl (C=O) groups is 2. The van der Waals surface area contributed by atoms with Crippen molar-refractivity contribution < 1.29 is 23.5 Å². The second-order valence-electron chi connectivity index (χ2n) is 10.3. The summed E-state index contributed by atoms with van der Waals surface area (Å²) in [5.74, 6) is 0.629. The second kappa shape index (κ2) is 10.4. The molecule has 2 aliphatic carbocycles. The molecular weight excluding hydrogens is 459 g/mol. The zero-order chi connectivity index (χ0) is 25.2. The summed E-state index contributed by atoms with van der Waals surface area (Å²) < 4.78 is 24.3. The quantitative estimate of drug-likeness (QED) is 0.548. The number of aromatic nitrogens is 1. The number of halogens is 1. The first-order valence-electron chi connectivity index (χ1n) is 13.0. The van der Waals surface area contributed by atoms with Crippen molar-refractivity contribution in [1.82, 2.24) is 10.3 Å². The molecule has 0 unspecified atom stereocenters. The fourth-order valence-electron chi connectivity index (χ4n) is 6.64. The van der Waals surface area contributed by atoms with E-state index in [1.165, 1.54) is 12.1 Å². The van der Waals surface area contributed by atoms with Crippen molar-refractivity contribution in [2.75, 3.05) is 6.61 Å². The Morgan fingerprint density at radius 3 is 2.83 bits per heavy atom. The van der Waals surface area contributed by atoms with E-state index in [1.807, 2.05) is 31.2 Å². The van der Waals surface area contributed by atoms with E-state index in [4.69, 9.17) is 9.47 Å². The Morgan fingerprint density at radius 2 is 2.08 bits per heavy atom. The maximum Gasteiger partial charge on any atom is 0.407 e. The molecule has 1 N–H and O–H groups in total. The molecule has 1 saturated heterocycles. The van der Waals surface area contributed by atoms with Crippen molar-refractivity contribution in [3.8, 4) is 11.1 Å². The van der Waals surface area contributed by atoms with Crippen LogP contribution in [0, 0.1) is 35.4 Å². The minimum absolute atomic E-state index is 0.0679. The molecule has 6 nitrogen and oxygen atoms in total. The topological polar surface area (TPSA) is 77.5 Å². The molecule has 1 aliphatic heterocycles. The molecule has 3 fully saturated rings. The van der Waals surface area contributed by atoms with Crippen LogP contribution in [0.3, 0.4) is 0 Å². The summed E-state index contributed by atoms with van der Waals surface area (Å²) in [6.07, 6.45) is 9.07. The number of hydrogen-bond acceptors (Lipinski definition) is 5. The minimum Gasteiger partial charge on any atom is -0.462 e. The van der Waals surface area contributed by atoms with Gasteiger partial charge in [-0.3, -0.25) is 9.78 Å². The average Bonchev–Trinajstić information content (AvgIpc) is 3.15. The fourth-order valence-corrected chi connectivity index (χ4v) is 6.64. The van der Waals surface area contributed by atoms with Crippen molar-refractivity contribution >= 4 is 18.1 Å². The summed E-state index contributed by atoms with van der Waals surface area (Å²) in [5.41, 5.74) is 2.48. The van der Waals surface area contributed by atoms with Crippen LogP contribution in [0.5, 0.6) is 0 Å². The van der Waals surface area contributed by atoms with Gasteiger partial charge in [-0.25, -0.2) is 9.18 Å². The molecule has 7 atom stereocenters. The SMILES string of the molecule is CCOC(=O)N[C@@H]1CC[C@H]2[C@H](C1)C[C@H]1C(=O)O[C@H](C)[C@H]1[C@H]2/C=C/c1ccc(-c2cccc(F)c2)cn1. The number of alkyl carbamates (subject to hydrolysis) is 1. The lowest BCUT2D eigenvalue weighted by molar-refractivity contribution is -0.144. The Morgan fingerprint density at radius 1 is 1.22 bits per heavy atom. The van der Waals surface area contributed by atoms with Crippen molar-refractivity contribution in [2.45, 2.75) is 51.7 Å². The molecule has 36 heavy (non-hydrogen) atoms. The summed E-state index contributed by atoms with van der Waals surface area (Å²) >= 11 is 0. The predicted octanol–water partition coefficient (Wildman–Crippen LogP) is 5.63. The lowest BCUT2D eigenvalue weighted by atomic mass is 9.57. The highest BCUT2D eigenvalue weighted by molar-refractivity contribution is 5.75. The van der Waals surface area contributed by atoms with Crippen molar-refractivity contribution in [3.05, 3.63) is 60.2 Å². The van der Waals surface area contributed by atoms with E-state index in [0.29, 0.717) is 18.4 Å². The van der Waals surface area contributed by atoms with Crippen LogP contribution in [-0.2, 0) is 14.3 Å². The molecule has 3 aliphatic rings. The van der Waals surface area contributed by atoms with E-state index < -0.39 is 0 Å². The molecule has 2 aromatic rings. The first-order chi connectivity index (χ1) is 17.4. The number of pyridine rings is 1. The lowest BCUT2D eigenvalue weighted by Gasteiger charge is -2.47. The summed E-state index contributed by atoms with van der Waals surface area (Å²) in [4.78, 5) is 29.2. The Hall–Kier alpha value is -3.22. The number of nitrogens with zero attached hydrogens (tertiary/aromatic N) is 1. The van der Waals surface area contributed by atoms with Crippen LogP contribution in [0.2, 0.25) is 0 Å². The van der Waals surface area contributed by atoms with E-state index in [1.54, 1.807) is 19.2 Å². The van der Waals surface area contributed by atoms with E-state index in [2.05, 4.69) is 16.4 Å². The van der Waals surface area contributed by atoms with E-state index in [-0.39, 0.29) is 47.8 Å². The summed E-state index contributed by atoms with van der Waals surface area (Å²) in [5, 5.41) is 3.00. The average molecular weight is 493 g/mol. The number of cyclic esters (lactones) is 1. The molecule has 0 spiro atoms. The molecule has 190 valence electrons. The number of amides is 1. The van der Waals surface area contributed by atoms with Gasteiger partial charge in [0.2, 0.25) is 0 Å². The van der Waals surface area contributed by atoms with Gasteiger partial charge >= 0.3 is 12.1 Å². The number of ether oxygens (including phenoxy) is 2. The number of benzene rings is 1. The highest BCUT2D eigenvalue weighted by atomic mass is 19.1. The molecule has 1 aromatic heterocycles. The summed E-state index contributed by atoms with van der Waals surface area (Å²) in [6.45, 7) is 4.15.